The van der Waals surface area contributed by atoms with Crippen molar-refractivity contribution in [3.8, 4) is 0 Å². The monoisotopic (exact) mass is 303 g/mol. The molecule has 3 heterocycles. The third-order valence-electron chi connectivity index (χ3n) is 4.61. The summed E-state index contributed by atoms with van der Waals surface area (Å²) in [6, 6.07) is 1.77. The zero-order valence-electron chi connectivity index (χ0n) is 13.0. The minimum absolute atomic E-state index is 0.00614. The van der Waals surface area contributed by atoms with E-state index in [-0.39, 0.29) is 23.8 Å². The summed E-state index contributed by atoms with van der Waals surface area (Å²) in [7, 11) is 1.80. The second-order valence-corrected chi connectivity index (χ2v) is 6.41. The van der Waals surface area contributed by atoms with Crippen LogP contribution in [0.1, 0.15) is 22.3 Å². The van der Waals surface area contributed by atoms with Crippen LogP contribution in [0.25, 0.3) is 0 Å². The van der Waals surface area contributed by atoms with E-state index < -0.39 is 0 Å². The zero-order valence-corrected chi connectivity index (χ0v) is 13.0. The number of likely N-dealkylation sites (tertiary alicyclic amines) is 1. The molecule has 1 spiro atoms. The van der Waals surface area contributed by atoms with Gasteiger partial charge in [0.15, 0.2) is 0 Å². The number of pyridine rings is 1. The molecule has 6 heteroatoms. The van der Waals surface area contributed by atoms with Crippen LogP contribution in [0.5, 0.6) is 0 Å². The third-order valence-corrected chi connectivity index (χ3v) is 4.61. The fourth-order valence-corrected chi connectivity index (χ4v) is 3.34. The SMILES string of the molecule is Cc1cnccc1C(=O)N1CCC2(COCC(=O)N(C)C2)C1. The minimum Gasteiger partial charge on any atom is -0.371 e. The Kier molecular flexibility index (Phi) is 3.87. The highest BCUT2D eigenvalue weighted by molar-refractivity contribution is 5.95. The van der Waals surface area contributed by atoms with Crippen LogP contribution in [0.15, 0.2) is 18.5 Å². The molecule has 0 N–H and O–H groups in total. The first-order chi connectivity index (χ1) is 10.5. The summed E-state index contributed by atoms with van der Waals surface area (Å²) in [5, 5.41) is 0. The fourth-order valence-electron chi connectivity index (χ4n) is 3.34. The van der Waals surface area contributed by atoms with Crippen molar-refractivity contribution in [3.63, 3.8) is 0 Å². The number of hydrogen-bond donors (Lipinski definition) is 0. The van der Waals surface area contributed by atoms with Gasteiger partial charge in [-0.2, -0.15) is 0 Å². The lowest BCUT2D eigenvalue weighted by Crippen LogP contribution is -2.41. The molecule has 0 aliphatic carbocycles. The predicted octanol–water partition coefficient (Wildman–Crippen LogP) is 0.711. The maximum Gasteiger partial charge on any atom is 0.254 e. The number of aromatic nitrogens is 1. The van der Waals surface area contributed by atoms with Crippen LogP contribution in [0.4, 0.5) is 0 Å². The Morgan fingerprint density at radius 3 is 3.00 bits per heavy atom. The van der Waals surface area contributed by atoms with Crippen molar-refractivity contribution in [2.24, 2.45) is 5.41 Å². The quantitative estimate of drug-likeness (QED) is 0.766. The molecule has 1 atom stereocenters. The summed E-state index contributed by atoms with van der Waals surface area (Å²) in [6.07, 6.45) is 4.22. The molecule has 6 nitrogen and oxygen atoms in total. The number of rotatable bonds is 1. The lowest BCUT2D eigenvalue weighted by Gasteiger charge is -2.30. The van der Waals surface area contributed by atoms with Crippen molar-refractivity contribution in [2.75, 3.05) is 39.9 Å². The average Bonchev–Trinajstić information content (AvgIpc) is 2.84. The van der Waals surface area contributed by atoms with Gasteiger partial charge in [-0.3, -0.25) is 14.6 Å². The van der Waals surface area contributed by atoms with Gasteiger partial charge in [0.05, 0.1) is 6.61 Å². The summed E-state index contributed by atoms with van der Waals surface area (Å²) in [4.78, 5) is 32.1. The number of amides is 2. The van der Waals surface area contributed by atoms with Gasteiger partial charge in [0.2, 0.25) is 5.91 Å². The van der Waals surface area contributed by atoms with Crippen LogP contribution < -0.4 is 0 Å². The molecule has 118 valence electrons. The number of aryl methyl sites for hydroxylation is 1. The van der Waals surface area contributed by atoms with Gasteiger partial charge in [-0.1, -0.05) is 0 Å². The second-order valence-electron chi connectivity index (χ2n) is 6.41. The smallest absolute Gasteiger partial charge is 0.254 e. The van der Waals surface area contributed by atoms with Crippen LogP contribution in [-0.2, 0) is 9.53 Å². The Hall–Kier alpha value is -1.95. The minimum atomic E-state index is -0.141. The summed E-state index contributed by atoms with van der Waals surface area (Å²) < 4.78 is 5.53. The molecular formula is C16H21N3O3. The van der Waals surface area contributed by atoms with Crippen LogP contribution in [0.2, 0.25) is 0 Å². The summed E-state index contributed by atoms with van der Waals surface area (Å²) >= 11 is 0. The Morgan fingerprint density at radius 2 is 2.23 bits per heavy atom. The van der Waals surface area contributed by atoms with E-state index in [2.05, 4.69) is 4.98 Å². The molecule has 2 aliphatic heterocycles. The molecule has 0 saturated carbocycles. The first-order valence-electron chi connectivity index (χ1n) is 7.52. The standard InChI is InChI=1S/C16H21N3O3/c1-12-7-17-5-3-13(12)15(21)19-6-4-16(10-19)9-18(2)14(20)8-22-11-16/h3,5,7H,4,6,8-11H2,1-2H3. The van der Waals surface area contributed by atoms with E-state index in [1.807, 2.05) is 11.8 Å². The Bertz CT molecular complexity index is 604. The molecule has 1 aromatic rings. The maximum absolute atomic E-state index is 12.7. The molecule has 0 radical (unpaired) electrons. The van der Waals surface area contributed by atoms with Gasteiger partial charge < -0.3 is 14.5 Å². The van der Waals surface area contributed by atoms with Crippen LogP contribution >= 0.6 is 0 Å². The number of hydrogen-bond acceptors (Lipinski definition) is 4. The lowest BCUT2D eigenvalue weighted by atomic mass is 9.87. The molecule has 2 fully saturated rings. The van der Waals surface area contributed by atoms with E-state index >= 15 is 0 Å². The van der Waals surface area contributed by atoms with E-state index in [1.165, 1.54) is 0 Å². The van der Waals surface area contributed by atoms with Crippen molar-refractivity contribution in [1.82, 2.24) is 14.8 Å². The van der Waals surface area contributed by atoms with E-state index in [9.17, 15) is 9.59 Å². The Morgan fingerprint density at radius 1 is 1.41 bits per heavy atom. The molecule has 0 bridgehead atoms. The number of nitrogens with zero attached hydrogens (tertiary/aromatic N) is 3. The highest BCUT2D eigenvalue weighted by Crippen LogP contribution is 2.34. The summed E-state index contributed by atoms with van der Waals surface area (Å²) in [6.45, 7) is 4.53. The molecule has 3 rings (SSSR count). The van der Waals surface area contributed by atoms with Crippen LogP contribution in [0, 0.1) is 12.3 Å². The van der Waals surface area contributed by atoms with Gasteiger partial charge in [0.25, 0.3) is 5.91 Å². The van der Waals surface area contributed by atoms with Crippen molar-refractivity contribution in [1.29, 1.82) is 0 Å². The Balaban J connectivity index is 1.76. The lowest BCUT2D eigenvalue weighted by molar-refractivity contribution is -0.132. The summed E-state index contributed by atoms with van der Waals surface area (Å²) in [5.74, 6) is 0.0432. The van der Waals surface area contributed by atoms with Crippen LogP contribution in [-0.4, -0.2) is 66.5 Å². The largest absolute Gasteiger partial charge is 0.371 e. The molecular weight excluding hydrogens is 282 g/mol. The molecule has 2 amide bonds. The van der Waals surface area contributed by atoms with Gasteiger partial charge in [-0.15, -0.1) is 0 Å². The predicted molar refractivity (Wildman–Crippen MR) is 80.4 cm³/mol. The summed E-state index contributed by atoms with van der Waals surface area (Å²) in [5.41, 5.74) is 1.45. The van der Waals surface area contributed by atoms with Crippen LogP contribution in [0.3, 0.4) is 0 Å². The van der Waals surface area contributed by atoms with Crippen molar-refractivity contribution in [2.45, 2.75) is 13.3 Å². The molecule has 0 aromatic carbocycles. The van der Waals surface area contributed by atoms with Gasteiger partial charge in [0, 0.05) is 50.1 Å². The zero-order chi connectivity index (χ0) is 15.7. The van der Waals surface area contributed by atoms with Gasteiger partial charge in [-0.25, -0.2) is 0 Å². The highest BCUT2D eigenvalue weighted by Gasteiger charge is 2.43. The van der Waals surface area contributed by atoms with Gasteiger partial charge >= 0.3 is 0 Å². The van der Waals surface area contributed by atoms with E-state index in [1.54, 1.807) is 30.4 Å². The number of carbonyl (C=O) groups excluding carboxylic acids is 2. The van der Waals surface area contributed by atoms with Gasteiger partial charge in [0.1, 0.15) is 6.61 Å². The maximum atomic E-state index is 12.7. The molecule has 1 unspecified atom stereocenters. The molecule has 22 heavy (non-hydrogen) atoms. The second kappa shape index (κ2) is 5.68. The van der Waals surface area contributed by atoms with Crippen molar-refractivity contribution >= 4 is 11.8 Å². The average molecular weight is 303 g/mol. The highest BCUT2D eigenvalue weighted by atomic mass is 16.5. The van der Waals surface area contributed by atoms with Gasteiger partial charge in [-0.05, 0) is 25.0 Å². The molecule has 2 saturated heterocycles. The van der Waals surface area contributed by atoms with E-state index in [0.29, 0.717) is 31.8 Å². The van der Waals surface area contributed by atoms with Crippen molar-refractivity contribution in [3.05, 3.63) is 29.6 Å². The molecule has 2 aliphatic rings. The topological polar surface area (TPSA) is 62.7 Å². The Labute approximate surface area is 130 Å². The normalized spacial score (nSPS) is 25.6. The first-order valence-corrected chi connectivity index (χ1v) is 7.52. The fraction of sp³-hybridized carbons (Fsp3) is 0.562. The number of ether oxygens (including phenoxy) is 1. The number of carbonyl (C=O) groups is 2. The first kappa shape index (κ1) is 15.0. The molecule has 1 aromatic heterocycles. The number of likely N-dealkylation sites (N-methyl/N-ethyl adjacent to an activating group) is 1. The third kappa shape index (κ3) is 2.70. The van der Waals surface area contributed by atoms with E-state index in [4.69, 9.17) is 4.74 Å². The van der Waals surface area contributed by atoms with Crippen molar-refractivity contribution < 1.29 is 14.3 Å². The van der Waals surface area contributed by atoms with E-state index in [0.717, 1.165) is 12.0 Å².